The van der Waals surface area contributed by atoms with Crippen LogP contribution in [0.3, 0.4) is 0 Å². The number of benzene rings is 3. The molecule has 0 radical (unpaired) electrons. The van der Waals surface area contributed by atoms with Crippen molar-refractivity contribution in [2.24, 2.45) is 11.8 Å². The van der Waals surface area contributed by atoms with E-state index < -0.39 is 23.8 Å². The number of likely N-dealkylation sites (tertiary alicyclic amines) is 1. The molecule has 2 N–H and O–H groups in total. The van der Waals surface area contributed by atoms with E-state index in [0.29, 0.717) is 54.8 Å². The lowest BCUT2D eigenvalue weighted by Gasteiger charge is -2.20. The minimum absolute atomic E-state index is 0. The van der Waals surface area contributed by atoms with Gasteiger partial charge in [0, 0.05) is 38.6 Å². The number of piperidine rings is 1. The van der Waals surface area contributed by atoms with Crippen molar-refractivity contribution in [3.63, 3.8) is 0 Å². The molecule has 12 heteroatoms. The molecule has 1 saturated carbocycles. The first-order valence-electron chi connectivity index (χ1n) is 13.6. The van der Waals surface area contributed by atoms with E-state index >= 15 is 0 Å². The fraction of sp³-hybridized carbons (Fsp3) is 0.387. The van der Waals surface area contributed by atoms with Gasteiger partial charge < -0.3 is 24.6 Å². The lowest BCUT2D eigenvalue weighted by atomic mass is 10.1. The Kier molecular flexibility index (Phi) is 12.0. The van der Waals surface area contributed by atoms with Crippen LogP contribution in [0.15, 0.2) is 72.8 Å². The molecule has 0 aromatic heterocycles. The average Bonchev–Trinajstić information content (AvgIpc) is 3.41. The Morgan fingerprint density at radius 3 is 2.02 bits per heavy atom. The van der Waals surface area contributed by atoms with Gasteiger partial charge in [-0.2, -0.15) is 13.2 Å². The van der Waals surface area contributed by atoms with Crippen molar-refractivity contribution >= 4 is 30.8 Å². The number of methoxy groups -OCH3 is 1. The highest BCUT2D eigenvalue weighted by atomic mass is 35.5. The highest BCUT2D eigenvalue weighted by Crippen LogP contribution is 2.45. The van der Waals surface area contributed by atoms with Crippen LogP contribution in [0.25, 0.3) is 0 Å². The van der Waals surface area contributed by atoms with Crippen molar-refractivity contribution in [3.05, 3.63) is 89.5 Å². The van der Waals surface area contributed by atoms with Crippen LogP contribution in [0, 0.1) is 11.8 Å². The Hall–Kier alpha value is -3.18. The second-order valence-corrected chi connectivity index (χ2v) is 10.5. The van der Waals surface area contributed by atoms with Crippen molar-refractivity contribution < 1.29 is 37.3 Å². The number of nitrogens with one attached hydrogen (secondary N) is 1. The van der Waals surface area contributed by atoms with Crippen LogP contribution in [-0.2, 0) is 23.9 Å². The Labute approximate surface area is 261 Å². The SMILES string of the molecule is COc1ccc(O[C@@H](Cc2ccc(OCCN[C@H]3[C@@H]4CN(Cc5ccc(C(F)(F)F)cc5)C[C@@H]43)cc2)C(=O)O)cc1.Cl.Cl. The van der Waals surface area contributed by atoms with Gasteiger partial charge in [-0.25, -0.2) is 4.79 Å². The molecule has 4 atom stereocenters. The summed E-state index contributed by atoms with van der Waals surface area (Å²) in [5.41, 5.74) is 1.10. The number of fused-ring (bicyclic) bond motifs is 1. The minimum Gasteiger partial charge on any atom is -0.497 e. The van der Waals surface area contributed by atoms with Gasteiger partial charge in [0.1, 0.15) is 23.9 Å². The maximum atomic E-state index is 12.8. The van der Waals surface area contributed by atoms with E-state index in [2.05, 4.69) is 10.2 Å². The molecule has 1 heterocycles. The molecule has 0 spiro atoms. The Morgan fingerprint density at radius 1 is 0.907 bits per heavy atom. The van der Waals surface area contributed by atoms with E-state index in [1.165, 1.54) is 0 Å². The van der Waals surface area contributed by atoms with Crippen LogP contribution >= 0.6 is 24.8 Å². The fourth-order valence-corrected chi connectivity index (χ4v) is 5.43. The first kappa shape index (κ1) is 34.3. The molecule has 7 nitrogen and oxygen atoms in total. The summed E-state index contributed by atoms with van der Waals surface area (Å²) in [5.74, 6) is 1.91. The van der Waals surface area contributed by atoms with Gasteiger partial charge in [-0.05, 0) is 71.5 Å². The predicted molar refractivity (Wildman–Crippen MR) is 161 cm³/mol. The Bertz CT molecular complexity index is 1300. The highest BCUT2D eigenvalue weighted by Gasteiger charge is 2.55. The average molecular weight is 644 g/mol. The number of nitrogens with zero attached hydrogens (tertiary/aromatic N) is 1. The van der Waals surface area contributed by atoms with Crippen molar-refractivity contribution in [2.45, 2.75) is 31.3 Å². The van der Waals surface area contributed by atoms with Gasteiger partial charge in [0.2, 0.25) is 0 Å². The van der Waals surface area contributed by atoms with Gasteiger partial charge in [0.15, 0.2) is 6.10 Å². The van der Waals surface area contributed by atoms with Crippen molar-refractivity contribution in [1.29, 1.82) is 0 Å². The fourth-order valence-electron chi connectivity index (χ4n) is 5.43. The van der Waals surface area contributed by atoms with Crippen LogP contribution in [0.4, 0.5) is 13.2 Å². The predicted octanol–water partition coefficient (Wildman–Crippen LogP) is 5.73. The molecular formula is C31H35Cl2F3N2O5. The van der Waals surface area contributed by atoms with E-state index in [-0.39, 0.29) is 31.2 Å². The maximum Gasteiger partial charge on any atom is 0.416 e. The smallest absolute Gasteiger partial charge is 0.416 e. The molecule has 0 amide bonds. The molecule has 3 aromatic rings. The molecule has 3 aromatic carbocycles. The Morgan fingerprint density at radius 2 is 1.47 bits per heavy atom. The summed E-state index contributed by atoms with van der Waals surface area (Å²) >= 11 is 0. The van der Waals surface area contributed by atoms with Crippen molar-refractivity contribution in [3.8, 4) is 17.2 Å². The van der Waals surface area contributed by atoms with E-state index in [9.17, 15) is 23.1 Å². The Balaban J connectivity index is 0.00000253. The molecule has 1 aliphatic carbocycles. The molecule has 2 aliphatic rings. The number of hydrogen-bond acceptors (Lipinski definition) is 6. The summed E-state index contributed by atoms with van der Waals surface area (Å²) in [5, 5.41) is 13.2. The topological polar surface area (TPSA) is 80.3 Å². The van der Waals surface area contributed by atoms with Gasteiger partial charge in [-0.15, -0.1) is 24.8 Å². The lowest BCUT2D eigenvalue weighted by Crippen LogP contribution is -2.33. The number of alkyl halides is 3. The summed E-state index contributed by atoms with van der Waals surface area (Å²) < 4.78 is 54.9. The summed E-state index contributed by atoms with van der Waals surface area (Å²) in [4.78, 5) is 14.0. The monoisotopic (exact) mass is 642 g/mol. The van der Waals surface area contributed by atoms with Gasteiger partial charge >= 0.3 is 12.1 Å². The van der Waals surface area contributed by atoms with Crippen LogP contribution in [0.1, 0.15) is 16.7 Å². The first-order valence-corrected chi connectivity index (χ1v) is 13.6. The van der Waals surface area contributed by atoms with Gasteiger partial charge in [-0.1, -0.05) is 24.3 Å². The third-order valence-electron chi connectivity index (χ3n) is 7.67. The van der Waals surface area contributed by atoms with Crippen LogP contribution in [-0.4, -0.2) is 61.5 Å². The summed E-state index contributed by atoms with van der Waals surface area (Å²) in [6.45, 7) is 3.74. The number of carboxylic acid groups (broad SMARTS) is 1. The van der Waals surface area contributed by atoms with Gasteiger partial charge in [0.05, 0.1) is 12.7 Å². The standard InChI is InChI=1S/C31H33F3N2O5.2ClH/c1-39-23-10-12-25(13-11-23)41-28(30(37)38)16-20-4-8-24(9-5-20)40-15-14-35-29-26-18-36(19-27(26)29)17-21-2-6-22(7-3-21)31(32,33)34;;/h2-13,26-29,35H,14-19H2,1H3,(H,37,38);2*1H/t26-,27+,28-,29+;;/m0../s1. The normalized spacial score (nSPS) is 19.8. The maximum absolute atomic E-state index is 12.8. The number of carbonyl (C=O) groups is 1. The molecule has 43 heavy (non-hydrogen) atoms. The summed E-state index contributed by atoms with van der Waals surface area (Å²) in [6, 6.07) is 20.0. The number of hydrogen-bond donors (Lipinski definition) is 2. The third kappa shape index (κ3) is 9.15. The van der Waals surface area contributed by atoms with Crippen LogP contribution in [0.5, 0.6) is 17.2 Å². The zero-order valence-corrected chi connectivity index (χ0v) is 25.1. The molecule has 0 unspecified atom stereocenters. The zero-order chi connectivity index (χ0) is 29.0. The zero-order valence-electron chi connectivity index (χ0n) is 23.5. The van der Waals surface area contributed by atoms with Crippen LogP contribution in [0.2, 0.25) is 0 Å². The first-order chi connectivity index (χ1) is 19.7. The second-order valence-electron chi connectivity index (χ2n) is 10.5. The minimum atomic E-state index is -4.31. The lowest BCUT2D eigenvalue weighted by molar-refractivity contribution is -0.145. The van der Waals surface area contributed by atoms with E-state index in [1.807, 2.05) is 24.3 Å². The van der Waals surface area contributed by atoms with E-state index in [4.69, 9.17) is 14.2 Å². The number of ether oxygens (including phenoxy) is 3. The number of carboxylic acids is 1. The molecule has 2 fully saturated rings. The van der Waals surface area contributed by atoms with Crippen molar-refractivity contribution in [1.82, 2.24) is 10.2 Å². The molecule has 1 saturated heterocycles. The quantitative estimate of drug-likeness (QED) is 0.231. The molecular weight excluding hydrogens is 608 g/mol. The van der Waals surface area contributed by atoms with E-state index in [1.54, 1.807) is 43.5 Å². The van der Waals surface area contributed by atoms with Crippen molar-refractivity contribution in [2.75, 3.05) is 33.4 Å². The summed E-state index contributed by atoms with van der Waals surface area (Å²) in [6.07, 6.45) is -5.12. The highest BCUT2D eigenvalue weighted by molar-refractivity contribution is 5.85. The largest absolute Gasteiger partial charge is 0.497 e. The molecule has 234 valence electrons. The summed E-state index contributed by atoms with van der Waals surface area (Å²) in [7, 11) is 1.56. The number of halogens is 5. The van der Waals surface area contributed by atoms with Crippen LogP contribution < -0.4 is 19.5 Å². The van der Waals surface area contributed by atoms with Gasteiger partial charge in [-0.3, -0.25) is 4.90 Å². The molecule has 1 aliphatic heterocycles. The third-order valence-corrected chi connectivity index (χ3v) is 7.67. The second kappa shape index (κ2) is 15.0. The number of rotatable bonds is 13. The molecule has 5 rings (SSSR count). The number of aliphatic carboxylic acids is 1. The van der Waals surface area contributed by atoms with Gasteiger partial charge in [0.25, 0.3) is 0 Å². The van der Waals surface area contributed by atoms with E-state index in [0.717, 1.165) is 36.3 Å². The molecule has 0 bridgehead atoms.